The Morgan fingerprint density at radius 1 is 1.08 bits per heavy atom. The number of carbonyl (C=O) groups is 2. The lowest BCUT2D eigenvalue weighted by atomic mass is 10.1. The zero-order chi connectivity index (χ0) is 18.3. The molecule has 0 fully saturated rings. The molecule has 1 atom stereocenters. The predicted molar refractivity (Wildman–Crippen MR) is 103 cm³/mol. The van der Waals surface area contributed by atoms with Gasteiger partial charge >= 0.3 is 11.9 Å². The summed E-state index contributed by atoms with van der Waals surface area (Å²) in [5, 5.41) is 0. The van der Waals surface area contributed by atoms with Crippen molar-refractivity contribution < 1.29 is 19.1 Å². The van der Waals surface area contributed by atoms with Gasteiger partial charge in [0, 0.05) is 9.13 Å². The van der Waals surface area contributed by atoms with E-state index in [1.54, 1.807) is 37.3 Å². The van der Waals surface area contributed by atoms with E-state index in [0.29, 0.717) is 11.1 Å². The number of esters is 2. The number of carbonyl (C=O) groups excluding carboxylic acids is 2. The van der Waals surface area contributed by atoms with E-state index in [4.69, 9.17) is 9.47 Å². The molecule has 0 aromatic heterocycles. The lowest BCUT2D eigenvalue weighted by Gasteiger charge is -2.22. The highest BCUT2D eigenvalue weighted by atomic mass is 127. The average Bonchev–Trinajstić information content (AvgIpc) is 2.61. The zero-order valence-electron chi connectivity index (χ0n) is 13.9. The van der Waals surface area contributed by atoms with Crippen molar-refractivity contribution in [3.05, 3.63) is 69.3 Å². The van der Waals surface area contributed by atoms with Crippen molar-refractivity contribution in [2.24, 2.45) is 0 Å². The van der Waals surface area contributed by atoms with Gasteiger partial charge in [-0.05, 0) is 66.6 Å². The first-order chi connectivity index (χ1) is 12.0. The van der Waals surface area contributed by atoms with E-state index in [-0.39, 0.29) is 6.61 Å². The van der Waals surface area contributed by atoms with Gasteiger partial charge in [0.25, 0.3) is 5.60 Å². The van der Waals surface area contributed by atoms with Gasteiger partial charge in [-0.25, -0.2) is 9.59 Å². The van der Waals surface area contributed by atoms with Crippen LogP contribution in [0.2, 0.25) is 0 Å². The van der Waals surface area contributed by atoms with E-state index in [1.807, 2.05) is 46.9 Å². The van der Waals surface area contributed by atoms with Gasteiger partial charge in [0.15, 0.2) is 0 Å². The molecule has 1 unspecified atom stereocenters. The quantitative estimate of drug-likeness (QED) is 0.406. The highest BCUT2D eigenvalue weighted by Crippen LogP contribution is 2.19. The van der Waals surface area contributed by atoms with E-state index in [0.717, 1.165) is 3.57 Å². The molecule has 128 valence electrons. The van der Waals surface area contributed by atoms with E-state index >= 15 is 0 Å². The average molecular weight is 448 g/mol. The predicted octanol–water partition coefficient (Wildman–Crippen LogP) is 3.82. The molecule has 0 radical (unpaired) electrons. The summed E-state index contributed by atoms with van der Waals surface area (Å²) < 4.78 is 11.2. The van der Waals surface area contributed by atoms with Gasteiger partial charge in [-0.1, -0.05) is 36.3 Å². The molecule has 0 spiro atoms. The normalized spacial score (nSPS) is 12.3. The molecule has 0 saturated heterocycles. The largest absolute Gasteiger partial charge is 0.462 e. The van der Waals surface area contributed by atoms with Crippen LogP contribution in [-0.4, -0.2) is 24.1 Å². The molecule has 0 heterocycles. The van der Waals surface area contributed by atoms with Gasteiger partial charge in [0.1, 0.15) is 0 Å². The molecule has 0 saturated carbocycles. The van der Waals surface area contributed by atoms with E-state index in [2.05, 4.69) is 11.8 Å². The number of ether oxygens (including phenoxy) is 2. The molecule has 0 amide bonds. The smallest absolute Gasteiger partial charge is 0.363 e. The fourth-order valence-corrected chi connectivity index (χ4v) is 2.57. The third-order valence-corrected chi connectivity index (χ3v) is 4.22. The standard InChI is InChI=1S/C20H17IO4/c1-3-24-19(23)20(2,14-13-15-9-5-4-6-10-15)25-18(22)16-11-7-8-12-17(16)21/h4-12H,3H2,1-2H3. The fraction of sp³-hybridized carbons (Fsp3) is 0.200. The lowest BCUT2D eigenvalue weighted by molar-refractivity contribution is -0.158. The minimum atomic E-state index is -1.69. The topological polar surface area (TPSA) is 52.6 Å². The SMILES string of the molecule is CCOC(=O)C(C)(C#Cc1ccccc1)OC(=O)c1ccccc1I. The first kappa shape index (κ1) is 19.0. The summed E-state index contributed by atoms with van der Waals surface area (Å²) in [6.45, 7) is 3.29. The maximum Gasteiger partial charge on any atom is 0.363 e. The maximum atomic E-state index is 12.5. The molecule has 0 bridgehead atoms. The highest BCUT2D eigenvalue weighted by molar-refractivity contribution is 14.1. The molecule has 25 heavy (non-hydrogen) atoms. The van der Waals surface area contributed by atoms with Crippen LogP contribution in [0.4, 0.5) is 0 Å². The van der Waals surface area contributed by atoms with Crippen molar-refractivity contribution in [2.75, 3.05) is 6.61 Å². The van der Waals surface area contributed by atoms with E-state index < -0.39 is 17.5 Å². The third kappa shape index (κ3) is 5.07. The van der Waals surface area contributed by atoms with Crippen LogP contribution in [0.3, 0.4) is 0 Å². The van der Waals surface area contributed by atoms with Crippen molar-refractivity contribution in [3.63, 3.8) is 0 Å². The molecule has 0 aliphatic carbocycles. The van der Waals surface area contributed by atoms with Crippen LogP contribution in [0.5, 0.6) is 0 Å². The van der Waals surface area contributed by atoms with Crippen molar-refractivity contribution in [1.29, 1.82) is 0 Å². The summed E-state index contributed by atoms with van der Waals surface area (Å²) in [6.07, 6.45) is 0. The second-order valence-electron chi connectivity index (χ2n) is 5.24. The van der Waals surface area contributed by atoms with Crippen LogP contribution in [0.1, 0.15) is 29.8 Å². The Labute approximate surface area is 160 Å². The zero-order valence-corrected chi connectivity index (χ0v) is 16.1. The van der Waals surface area contributed by atoms with Crippen LogP contribution in [0.25, 0.3) is 0 Å². The van der Waals surface area contributed by atoms with Gasteiger partial charge in [-0.3, -0.25) is 0 Å². The Morgan fingerprint density at radius 2 is 1.72 bits per heavy atom. The molecular weight excluding hydrogens is 431 g/mol. The van der Waals surface area contributed by atoms with E-state index in [1.165, 1.54) is 6.92 Å². The summed E-state index contributed by atoms with van der Waals surface area (Å²) in [5.41, 5.74) is -0.606. The molecule has 2 aromatic rings. The minimum Gasteiger partial charge on any atom is -0.462 e. The van der Waals surface area contributed by atoms with Crippen LogP contribution < -0.4 is 0 Å². The minimum absolute atomic E-state index is 0.169. The Kier molecular flexibility index (Phi) is 6.59. The third-order valence-electron chi connectivity index (χ3n) is 3.27. The van der Waals surface area contributed by atoms with Crippen LogP contribution in [0.15, 0.2) is 54.6 Å². The summed E-state index contributed by atoms with van der Waals surface area (Å²) in [6, 6.07) is 16.1. The molecule has 0 aliphatic rings. The van der Waals surface area contributed by atoms with Crippen LogP contribution >= 0.6 is 22.6 Å². The van der Waals surface area contributed by atoms with Crippen molar-refractivity contribution in [2.45, 2.75) is 19.4 Å². The van der Waals surface area contributed by atoms with Gasteiger partial charge in [0.05, 0.1) is 12.2 Å². The van der Waals surface area contributed by atoms with Gasteiger partial charge in [-0.15, -0.1) is 0 Å². The second kappa shape index (κ2) is 8.67. The second-order valence-corrected chi connectivity index (χ2v) is 6.40. The summed E-state index contributed by atoms with van der Waals surface area (Å²) in [5.74, 6) is 4.29. The van der Waals surface area contributed by atoms with Gasteiger partial charge in [0.2, 0.25) is 0 Å². The van der Waals surface area contributed by atoms with Crippen molar-refractivity contribution in [1.82, 2.24) is 0 Å². The first-order valence-electron chi connectivity index (χ1n) is 7.69. The molecule has 2 rings (SSSR count). The number of benzene rings is 2. The van der Waals surface area contributed by atoms with Crippen LogP contribution in [-0.2, 0) is 14.3 Å². The first-order valence-corrected chi connectivity index (χ1v) is 8.77. The molecule has 5 heteroatoms. The Morgan fingerprint density at radius 3 is 2.36 bits per heavy atom. The van der Waals surface area contributed by atoms with Crippen LogP contribution in [0, 0.1) is 15.4 Å². The van der Waals surface area contributed by atoms with Gasteiger partial charge in [-0.2, -0.15) is 0 Å². The van der Waals surface area contributed by atoms with Crippen molar-refractivity contribution >= 4 is 34.5 Å². The maximum absolute atomic E-state index is 12.5. The highest BCUT2D eigenvalue weighted by Gasteiger charge is 2.38. The number of hydrogen-bond donors (Lipinski definition) is 0. The Balaban J connectivity index is 2.33. The number of hydrogen-bond acceptors (Lipinski definition) is 4. The Bertz CT molecular complexity index is 820. The summed E-state index contributed by atoms with van der Waals surface area (Å²) in [7, 11) is 0. The lowest BCUT2D eigenvalue weighted by Crippen LogP contribution is -2.40. The molecular formula is C20H17IO4. The number of halogens is 1. The monoisotopic (exact) mass is 448 g/mol. The molecule has 0 aliphatic heterocycles. The summed E-state index contributed by atoms with van der Waals surface area (Å²) >= 11 is 2.04. The van der Waals surface area contributed by atoms with Gasteiger partial charge < -0.3 is 9.47 Å². The molecule has 4 nitrogen and oxygen atoms in total. The molecule has 0 N–H and O–H groups in total. The fourth-order valence-electron chi connectivity index (χ4n) is 1.97. The van der Waals surface area contributed by atoms with Crippen molar-refractivity contribution in [3.8, 4) is 11.8 Å². The summed E-state index contributed by atoms with van der Waals surface area (Å²) in [4.78, 5) is 24.8. The Hall–Kier alpha value is -2.33. The molecule has 2 aromatic carbocycles. The van der Waals surface area contributed by atoms with E-state index in [9.17, 15) is 9.59 Å². The number of rotatable bonds is 4.